The van der Waals surface area contributed by atoms with Crippen molar-refractivity contribution in [1.29, 1.82) is 0 Å². The maximum atomic E-state index is 11.3. The zero-order valence-corrected chi connectivity index (χ0v) is 15.8. The highest BCUT2D eigenvalue weighted by atomic mass is 35.5. The molecule has 1 spiro atoms. The Labute approximate surface area is 158 Å². The summed E-state index contributed by atoms with van der Waals surface area (Å²) in [6.07, 6.45) is 8.12. The highest BCUT2D eigenvalue weighted by molar-refractivity contribution is 6.17. The van der Waals surface area contributed by atoms with Gasteiger partial charge in [-0.1, -0.05) is 18.2 Å². The fourth-order valence-electron chi connectivity index (χ4n) is 5.89. The minimum Gasteiger partial charge on any atom is -0.485 e. The lowest BCUT2D eigenvalue weighted by Crippen LogP contribution is -2.62. The molecule has 2 N–H and O–H groups in total. The van der Waals surface area contributed by atoms with Crippen LogP contribution in [0.5, 0.6) is 0 Å². The molecule has 2 fully saturated rings. The van der Waals surface area contributed by atoms with Crippen LogP contribution in [0.1, 0.15) is 25.7 Å². The lowest BCUT2D eigenvalue weighted by Gasteiger charge is -2.58. The number of hydrogen-bond donors (Lipinski definition) is 2. The van der Waals surface area contributed by atoms with Crippen LogP contribution >= 0.6 is 11.6 Å². The number of halogens is 1. The zero-order chi connectivity index (χ0) is 18.1. The molecule has 5 nitrogen and oxygen atoms in total. The van der Waals surface area contributed by atoms with Crippen LogP contribution < -0.4 is 0 Å². The first-order chi connectivity index (χ1) is 12.5. The van der Waals surface area contributed by atoms with Crippen molar-refractivity contribution in [2.45, 2.75) is 49.7 Å². The average Bonchev–Trinajstić information content (AvgIpc) is 2.98. The number of likely N-dealkylation sites (tertiary alicyclic amines) is 1. The molecule has 6 heteroatoms. The first-order valence-corrected chi connectivity index (χ1v) is 10.1. The summed E-state index contributed by atoms with van der Waals surface area (Å²) in [4.78, 5) is 2.43. The zero-order valence-electron chi connectivity index (χ0n) is 15.0. The summed E-state index contributed by atoms with van der Waals surface area (Å²) in [5.74, 6) is -0.109. The van der Waals surface area contributed by atoms with E-state index in [0.29, 0.717) is 43.0 Å². The normalized spacial score (nSPS) is 46.1. The predicted molar refractivity (Wildman–Crippen MR) is 97.6 cm³/mol. The van der Waals surface area contributed by atoms with Crippen molar-refractivity contribution in [3.8, 4) is 0 Å². The third-order valence-corrected chi connectivity index (χ3v) is 7.34. The summed E-state index contributed by atoms with van der Waals surface area (Å²) in [7, 11) is 2.19. The van der Waals surface area contributed by atoms with Gasteiger partial charge in [0.15, 0.2) is 5.76 Å². The predicted octanol–water partition coefficient (Wildman–Crippen LogP) is 1.94. The Bertz CT molecular complexity index is 719. The van der Waals surface area contributed by atoms with E-state index in [4.69, 9.17) is 21.1 Å². The van der Waals surface area contributed by atoms with E-state index < -0.39 is 11.9 Å². The second-order valence-electron chi connectivity index (χ2n) is 8.30. The maximum absolute atomic E-state index is 11.3. The van der Waals surface area contributed by atoms with E-state index in [1.807, 2.05) is 6.08 Å². The van der Waals surface area contributed by atoms with Gasteiger partial charge in [-0.05, 0) is 38.4 Å². The van der Waals surface area contributed by atoms with Gasteiger partial charge >= 0.3 is 0 Å². The molecular weight excluding hydrogens is 354 g/mol. The van der Waals surface area contributed by atoms with Crippen LogP contribution in [0.25, 0.3) is 0 Å². The van der Waals surface area contributed by atoms with Crippen LogP contribution in [-0.2, 0) is 9.47 Å². The Morgan fingerprint density at radius 3 is 3.08 bits per heavy atom. The number of aliphatic hydroxyl groups excluding tert-OH is 1. The fraction of sp³-hybridized carbons (Fsp3) is 0.700. The molecule has 0 aromatic rings. The van der Waals surface area contributed by atoms with Crippen molar-refractivity contribution in [2.75, 3.05) is 26.1 Å². The third kappa shape index (κ3) is 2.07. The van der Waals surface area contributed by atoms with E-state index in [-0.39, 0.29) is 11.5 Å². The molecular formula is C20H26ClNO4. The molecule has 26 heavy (non-hydrogen) atoms. The van der Waals surface area contributed by atoms with Crippen molar-refractivity contribution in [2.24, 2.45) is 11.3 Å². The average molecular weight is 380 g/mol. The maximum Gasteiger partial charge on any atom is 0.229 e. The van der Waals surface area contributed by atoms with Crippen LogP contribution in [0.2, 0.25) is 0 Å². The summed E-state index contributed by atoms with van der Waals surface area (Å²) < 4.78 is 12.2. The van der Waals surface area contributed by atoms with Gasteiger partial charge in [0, 0.05) is 35.2 Å². The molecule has 1 saturated carbocycles. The Hall–Kier alpha value is -0.850. The number of ether oxygens (including phenoxy) is 2. The van der Waals surface area contributed by atoms with Gasteiger partial charge in [0.1, 0.15) is 12.2 Å². The molecule has 1 saturated heterocycles. The molecule has 2 heterocycles. The molecule has 0 amide bonds. The van der Waals surface area contributed by atoms with Gasteiger partial charge in [0.25, 0.3) is 0 Å². The number of rotatable bonds is 4. The van der Waals surface area contributed by atoms with Gasteiger partial charge in [0.2, 0.25) is 5.79 Å². The minimum atomic E-state index is -1.45. The molecule has 2 aliphatic heterocycles. The quantitative estimate of drug-likeness (QED) is 0.338. The Balaban J connectivity index is 1.62. The van der Waals surface area contributed by atoms with Crippen molar-refractivity contribution in [1.82, 2.24) is 4.90 Å². The van der Waals surface area contributed by atoms with Crippen molar-refractivity contribution in [3.63, 3.8) is 0 Å². The van der Waals surface area contributed by atoms with Gasteiger partial charge in [-0.3, -0.25) is 0 Å². The first kappa shape index (κ1) is 17.3. The van der Waals surface area contributed by atoms with Gasteiger partial charge in [-0.2, -0.15) is 0 Å². The van der Waals surface area contributed by atoms with Crippen LogP contribution in [0.15, 0.2) is 35.1 Å². The van der Waals surface area contributed by atoms with Gasteiger partial charge < -0.3 is 24.6 Å². The lowest BCUT2D eigenvalue weighted by molar-refractivity contribution is -0.205. The number of nitrogens with zero attached hydrogens (tertiary/aromatic N) is 1. The van der Waals surface area contributed by atoms with Crippen LogP contribution in [0.4, 0.5) is 0 Å². The van der Waals surface area contributed by atoms with Gasteiger partial charge in [-0.25, -0.2) is 0 Å². The monoisotopic (exact) mass is 379 g/mol. The molecule has 6 atom stereocenters. The molecule has 5 aliphatic rings. The molecule has 0 aromatic carbocycles. The molecule has 0 radical (unpaired) electrons. The smallest absolute Gasteiger partial charge is 0.229 e. The number of aliphatic hydroxyl groups is 2. The fourth-order valence-corrected chi connectivity index (χ4v) is 6.00. The highest BCUT2D eigenvalue weighted by Gasteiger charge is 2.67. The Morgan fingerprint density at radius 1 is 1.42 bits per heavy atom. The van der Waals surface area contributed by atoms with Gasteiger partial charge in [0.05, 0.1) is 6.61 Å². The summed E-state index contributed by atoms with van der Waals surface area (Å²) in [6.45, 7) is 1.35. The number of piperidine rings is 1. The van der Waals surface area contributed by atoms with E-state index >= 15 is 0 Å². The van der Waals surface area contributed by atoms with Crippen LogP contribution in [-0.4, -0.2) is 65.2 Å². The number of alkyl halides is 1. The van der Waals surface area contributed by atoms with Crippen molar-refractivity contribution < 1.29 is 19.7 Å². The Kier molecular flexibility index (Phi) is 3.87. The van der Waals surface area contributed by atoms with Crippen LogP contribution in [0.3, 0.4) is 0 Å². The summed E-state index contributed by atoms with van der Waals surface area (Å²) >= 11 is 5.77. The molecule has 5 rings (SSSR count). The topological polar surface area (TPSA) is 62.2 Å². The van der Waals surface area contributed by atoms with Gasteiger partial charge in [-0.15, -0.1) is 11.6 Å². The Morgan fingerprint density at radius 2 is 2.27 bits per heavy atom. The van der Waals surface area contributed by atoms with E-state index in [9.17, 15) is 10.2 Å². The molecule has 0 aromatic heterocycles. The standard InChI is InChI=1S/C20H26ClNO4/c1-22-9-7-19-13-3-4-15(23)17(19)26-18-16(19)12(11-14(13)22)5-6-20(18,24)25-10-2-8-21/h3-5,13-15,17,23-24H,2,6-11H2,1H3/t13-,14+,15-,17-,19-,20?/m0/s1. The minimum absolute atomic E-state index is 0.255. The summed E-state index contributed by atoms with van der Waals surface area (Å²) in [6, 6.07) is 0.413. The molecule has 2 bridgehead atoms. The second kappa shape index (κ2) is 5.82. The third-order valence-electron chi connectivity index (χ3n) is 7.07. The first-order valence-electron chi connectivity index (χ1n) is 9.61. The molecule has 1 unspecified atom stereocenters. The summed E-state index contributed by atoms with van der Waals surface area (Å²) in [5.41, 5.74) is 2.12. The van der Waals surface area contributed by atoms with E-state index in [1.54, 1.807) is 0 Å². The van der Waals surface area contributed by atoms with Crippen molar-refractivity contribution >= 4 is 11.6 Å². The number of hydrogen-bond acceptors (Lipinski definition) is 5. The summed E-state index contributed by atoms with van der Waals surface area (Å²) in [5, 5.41) is 22.0. The molecule has 142 valence electrons. The second-order valence-corrected chi connectivity index (χ2v) is 8.67. The molecule has 3 aliphatic carbocycles. The lowest BCUT2D eigenvalue weighted by atomic mass is 9.51. The van der Waals surface area contributed by atoms with Crippen LogP contribution in [0, 0.1) is 11.3 Å². The van der Waals surface area contributed by atoms with E-state index in [1.165, 1.54) is 5.57 Å². The highest BCUT2D eigenvalue weighted by Crippen LogP contribution is 2.65. The van der Waals surface area contributed by atoms with E-state index in [0.717, 1.165) is 25.0 Å². The SMILES string of the molecule is CN1CC[C@]23C4=C5O[C@H]2[C@@H](O)C=C[C@H]3[C@H]1CC4=CCC5(O)OCCCCl. The largest absolute Gasteiger partial charge is 0.485 e. The van der Waals surface area contributed by atoms with E-state index in [2.05, 4.69) is 24.1 Å². The van der Waals surface area contributed by atoms with Crippen molar-refractivity contribution in [3.05, 3.63) is 35.1 Å².